The van der Waals surface area contributed by atoms with Crippen LogP contribution in [0, 0.1) is 0 Å². The summed E-state index contributed by atoms with van der Waals surface area (Å²) < 4.78 is -2.72. The first-order valence-corrected chi connectivity index (χ1v) is 4.96. The second kappa shape index (κ2) is 12.2. The van der Waals surface area contributed by atoms with Crippen molar-refractivity contribution in [3.05, 3.63) is 0 Å². The summed E-state index contributed by atoms with van der Waals surface area (Å²) in [6.07, 6.45) is -1.91. The van der Waals surface area contributed by atoms with Crippen LogP contribution in [0.25, 0.3) is 0 Å². The van der Waals surface area contributed by atoms with Crippen molar-refractivity contribution in [2.45, 2.75) is 14.4 Å². The zero-order valence-corrected chi connectivity index (χ0v) is 10.8. The molecule has 0 aromatic rings. The number of alkyl halides is 6. The highest BCUT2D eigenvalue weighted by molar-refractivity contribution is 6.67. The third kappa shape index (κ3) is 38.0. The first-order chi connectivity index (χ1) is 6.09. The van der Waals surface area contributed by atoms with Gasteiger partial charge in [0, 0.05) is 0 Å². The van der Waals surface area contributed by atoms with Gasteiger partial charge >= 0.3 is 0 Å². The summed E-state index contributed by atoms with van der Waals surface area (Å²) in [6.45, 7) is -0.250. The Balaban J connectivity index is -0.000000147. The quantitative estimate of drug-likeness (QED) is 0.362. The number of carbonyl (C=O) groups is 1. The first kappa shape index (κ1) is 20.5. The lowest BCUT2D eigenvalue weighted by Gasteiger charge is -2.10. The molecule has 3 N–H and O–H groups in total. The van der Waals surface area contributed by atoms with Gasteiger partial charge in [-0.25, -0.2) is 0 Å². The van der Waals surface area contributed by atoms with E-state index in [1.165, 1.54) is 0 Å². The Morgan fingerprint density at radius 3 is 1.14 bits per heavy atom. The van der Waals surface area contributed by atoms with Crippen LogP contribution in [0.2, 0.25) is 0 Å². The van der Waals surface area contributed by atoms with E-state index in [0.717, 1.165) is 0 Å². The molecule has 0 aliphatic heterocycles. The van der Waals surface area contributed by atoms with E-state index in [0.29, 0.717) is 0 Å². The molecular formula is C4H6Cl6O4. The molecule has 0 spiro atoms. The van der Waals surface area contributed by atoms with Crippen LogP contribution in [0.1, 0.15) is 0 Å². The normalized spacial score (nSPS) is 9.86. The molecule has 0 bridgehead atoms. The highest BCUT2D eigenvalue weighted by Gasteiger charge is 2.28. The Morgan fingerprint density at radius 2 is 1.14 bits per heavy atom. The zero-order valence-electron chi connectivity index (χ0n) is 6.25. The molecule has 0 amide bonds. The van der Waals surface area contributed by atoms with Crippen LogP contribution in [-0.2, 0) is 4.79 Å². The number of halogens is 6. The average Bonchev–Trinajstić information content (AvgIpc) is 1.84. The summed E-state index contributed by atoms with van der Waals surface area (Å²) in [5.74, 6) is 0. The van der Waals surface area contributed by atoms with Crippen molar-refractivity contribution in [3.63, 3.8) is 0 Å². The molecule has 0 rings (SSSR count). The zero-order chi connectivity index (χ0) is 12.4. The second-order valence-electron chi connectivity index (χ2n) is 1.27. The Hall–Kier alpha value is 1.13. The van der Waals surface area contributed by atoms with E-state index in [1.54, 1.807) is 0 Å². The van der Waals surface area contributed by atoms with E-state index >= 15 is 0 Å². The second-order valence-corrected chi connectivity index (χ2v) is 5.62. The largest absolute Gasteiger partial charge is 0.483 e. The summed E-state index contributed by atoms with van der Waals surface area (Å²) in [5.41, 5.74) is 0. The molecular weight excluding hydrogens is 325 g/mol. The lowest BCUT2D eigenvalue weighted by atomic mass is 10.8. The van der Waals surface area contributed by atoms with E-state index in [-0.39, 0.29) is 6.47 Å². The van der Waals surface area contributed by atoms with Crippen LogP contribution in [0.5, 0.6) is 0 Å². The van der Waals surface area contributed by atoms with Crippen molar-refractivity contribution in [2.24, 2.45) is 0 Å². The lowest BCUT2D eigenvalue weighted by molar-refractivity contribution is -0.122. The third-order valence-electron chi connectivity index (χ3n) is 0.293. The molecule has 0 aromatic heterocycles. The number of hydrogen-bond donors (Lipinski definition) is 3. The maximum absolute atomic E-state index is 8.36. The number of hydrogen-bond acceptors (Lipinski definition) is 3. The molecule has 0 aliphatic carbocycles. The average molecular weight is 331 g/mol. The molecule has 4 nitrogen and oxygen atoms in total. The third-order valence-corrected chi connectivity index (χ3v) is 0.878. The van der Waals surface area contributed by atoms with E-state index < -0.39 is 14.4 Å². The van der Waals surface area contributed by atoms with Crippen LogP contribution >= 0.6 is 69.6 Å². The molecule has 14 heavy (non-hydrogen) atoms. The fourth-order valence-corrected chi connectivity index (χ4v) is 0. The minimum Gasteiger partial charge on any atom is -0.483 e. The van der Waals surface area contributed by atoms with Gasteiger partial charge < -0.3 is 15.3 Å². The van der Waals surface area contributed by atoms with Gasteiger partial charge in [-0.2, -0.15) is 0 Å². The van der Waals surface area contributed by atoms with Gasteiger partial charge in [0.05, 0.1) is 0 Å². The number of rotatable bonds is 0. The van der Waals surface area contributed by atoms with E-state index in [2.05, 4.69) is 0 Å². The molecule has 88 valence electrons. The molecule has 0 saturated carbocycles. The molecule has 0 aromatic carbocycles. The lowest BCUT2D eigenvalue weighted by Crippen LogP contribution is -2.23. The molecule has 0 aliphatic rings. The van der Waals surface area contributed by atoms with Gasteiger partial charge in [-0.05, 0) is 0 Å². The number of aliphatic hydroxyl groups is 2. The molecule has 0 saturated heterocycles. The van der Waals surface area contributed by atoms with Gasteiger partial charge in [-0.3, -0.25) is 4.79 Å². The van der Waals surface area contributed by atoms with Crippen LogP contribution in [0.15, 0.2) is 0 Å². The molecule has 0 fully saturated rings. The van der Waals surface area contributed by atoms with E-state index in [9.17, 15) is 0 Å². The van der Waals surface area contributed by atoms with E-state index in [1.807, 2.05) is 0 Å². The Bertz CT molecular complexity index is 121. The minimum atomic E-state index is -1.97. The van der Waals surface area contributed by atoms with Crippen molar-refractivity contribution in [1.29, 1.82) is 0 Å². The smallest absolute Gasteiger partial charge is 0.290 e. The fourth-order valence-electron chi connectivity index (χ4n) is 0. The van der Waals surface area contributed by atoms with Crippen molar-refractivity contribution >= 4 is 76.1 Å². The van der Waals surface area contributed by atoms with E-state index in [4.69, 9.17) is 89.7 Å². The molecule has 0 unspecified atom stereocenters. The molecule has 0 radical (unpaired) electrons. The van der Waals surface area contributed by atoms with Gasteiger partial charge in [0.1, 0.15) is 0 Å². The standard InChI is InChI=1S/C2H3Cl3O2.CHCl3.CH2O2/c3-2(4,5)1(6)7;2-1(3)4;2-1-3/h1,6-7H;1H;1H,(H,2,3). The summed E-state index contributed by atoms with van der Waals surface area (Å²) in [4.78, 5) is 8.36. The highest BCUT2D eigenvalue weighted by Crippen LogP contribution is 2.28. The predicted molar refractivity (Wildman–Crippen MR) is 58.6 cm³/mol. The maximum Gasteiger partial charge on any atom is 0.290 e. The minimum absolute atomic E-state index is 0.250. The van der Waals surface area contributed by atoms with Crippen LogP contribution < -0.4 is 0 Å². The summed E-state index contributed by atoms with van der Waals surface area (Å²) in [7, 11) is 0. The Kier molecular flexibility index (Phi) is 17.9. The van der Waals surface area contributed by atoms with Gasteiger partial charge in [0.2, 0.25) is 3.79 Å². The topological polar surface area (TPSA) is 77.8 Å². The summed E-state index contributed by atoms with van der Waals surface area (Å²) in [6, 6.07) is 0. The van der Waals surface area contributed by atoms with Crippen LogP contribution in [0.3, 0.4) is 0 Å². The monoisotopic (exact) mass is 328 g/mol. The van der Waals surface area contributed by atoms with Crippen molar-refractivity contribution < 1.29 is 20.1 Å². The van der Waals surface area contributed by atoms with Gasteiger partial charge in [0.15, 0.2) is 10.6 Å². The molecule has 0 heterocycles. The Morgan fingerprint density at radius 1 is 1.07 bits per heavy atom. The van der Waals surface area contributed by atoms with Crippen LogP contribution in [-0.4, -0.2) is 36.2 Å². The van der Waals surface area contributed by atoms with Gasteiger partial charge in [-0.15, -0.1) is 0 Å². The maximum atomic E-state index is 8.36. The highest BCUT2D eigenvalue weighted by atomic mass is 35.6. The van der Waals surface area contributed by atoms with Crippen LogP contribution in [0.4, 0.5) is 0 Å². The number of carboxylic acid groups (broad SMARTS) is 1. The Labute approximate surface area is 110 Å². The first-order valence-electron chi connectivity index (χ1n) is 2.52. The number of aliphatic hydroxyl groups excluding tert-OH is 1. The van der Waals surface area contributed by atoms with Crippen molar-refractivity contribution in [1.82, 2.24) is 0 Å². The van der Waals surface area contributed by atoms with Gasteiger partial charge in [0.25, 0.3) is 6.47 Å². The molecule has 10 heteroatoms. The van der Waals surface area contributed by atoms with Gasteiger partial charge in [-0.1, -0.05) is 69.6 Å². The fraction of sp³-hybridized carbons (Fsp3) is 0.750. The predicted octanol–water partition coefficient (Wildman–Crippen LogP) is 2.35. The SMILES string of the molecule is ClC(Cl)Cl.O=CO.OC(O)C(Cl)(Cl)Cl. The van der Waals surface area contributed by atoms with Crippen molar-refractivity contribution in [3.8, 4) is 0 Å². The van der Waals surface area contributed by atoms with Crippen molar-refractivity contribution in [2.75, 3.05) is 0 Å². The molecule has 0 atom stereocenters. The summed E-state index contributed by atoms with van der Waals surface area (Å²) >= 11 is 29.1. The summed E-state index contributed by atoms with van der Waals surface area (Å²) in [5, 5.41) is 23.0.